The van der Waals surface area contributed by atoms with Crippen molar-refractivity contribution in [3.8, 4) is 0 Å². The summed E-state index contributed by atoms with van der Waals surface area (Å²) >= 11 is 12.9. The zero-order chi connectivity index (χ0) is 17.8. The molecule has 0 fully saturated rings. The number of hydrogen-bond acceptors (Lipinski definition) is 4. The van der Waals surface area contributed by atoms with Crippen molar-refractivity contribution in [3.63, 3.8) is 0 Å². The molecule has 2 aromatic carbocycles. The fraction of sp³-hybridized carbons (Fsp3) is 0.111. The van der Waals surface area contributed by atoms with Crippen molar-refractivity contribution in [1.29, 1.82) is 0 Å². The van der Waals surface area contributed by atoms with E-state index in [9.17, 15) is 4.79 Å². The highest BCUT2D eigenvalue weighted by molar-refractivity contribution is 7.80. The minimum absolute atomic E-state index is 0.326. The molecule has 0 amide bonds. The Labute approximate surface area is 159 Å². The summed E-state index contributed by atoms with van der Waals surface area (Å²) in [5.41, 5.74) is 1.82. The third kappa shape index (κ3) is 4.28. The number of methoxy groups -OCH3 is 1. The van der Waals surface area contributed by atoms with Crippen LogP contribution in [0.15, 0.2) is 48.5 Å². The largest absolute Gasteiger partial charge is 0.465 e. The van der Waals surface area contributed by atoms with Crippen LogP contribution >= 0.6 is 35.2 Å². The molecule has 0 bridgehead atoms. The van der Waals surface area contributed by atoms with Crippen molar-refractivity contribution in [2.75, 3.05) is 12.4 Å². The van der Waals surface area contributed by atoms with Crippen LogP contribution in [0.25, 0.3) is 10.1 Å². The number of thiocarbonyl (C=S) groups is 1. The normalized spacial score (nSPS) is 10.5. The number of benzene rings is 2. The van der Waals surface area contributed by atoms with Crippen LogP contribution in [0.3, 0.4) is 0 Å². The average molecular weight is 391 g/mol. The van der Waals surface area contributed by atoms with Gasteiger partial charge in [-0.25, -0.2) is 4.79 Å². The maximum Gasteiger partial charge on any atom is 0.348 e. The molecule has 0 aliphatic carbocycles. The van der Waals surface area contributed by atoms with Crippen LogP contribution in [-0.4, -0.2) is 18.2 Å². The second-order valence-corrected chi connectivity index (χ2v) is 7.15. The van der Waals surface area contributed by atoms with E-state index in [-0.39, 0.29) is 5.97 Å². The smallest absolute Gasteiger partial charge is 0.348 e. The van der Waals surface area contributed by atoms with Gasteiger partial charge in [0.15, 0.2) is 5.11 Å². The van der Waals surface area contributed by atoms with E-state index in [1.807, 2.05) is 48.5 Å². The number of esters is 1. The number of ether oxygens (including phenoxy) is 1. The topological polar surface area (TPSA) is 50.4 Å². The SMILES string of the molecule is COC(=O)c1cc2cc(NC(=S)NCc3ccccc3Cl)ccc2s1. The maximum atomic E-state index is 11.6. The Morgan fingerprint density at radius 3 is 2.80 bits per heavy atom. The third-order valence-corrected chi connectivity index (χ3v) is 5.27. The van der Waals surface area contributed by atoms with Gasteiger partial charge in [0.2, 0.25) is 0 Å². The quantitative estimate of drug-likeness (QED) is 0.493. The van der Waals surface area contributed by atoms with Gasteiger partial charge in [0.25, 0.3) is 0 Å². The Kier molecular flexibility index (Phi) is 5.53. The van der Waals surface area contributed by atoms with Gasteiger partial charge in [-0.3, -0.25) is 0 Å². The summed E-state index contributed by atoms with van der Waals surface area (Å²) in [7, 11) is 1.38. The van der Waals surface area contributed by atoms with Crippen LogP contribution in [0, 0.1) is 0 Å². The first-order valence-electron chi connectivity index (χ1n) is 7.47. The molecule has 0 saturated carbocycles. The highest BCUT2D eigenvalue weighted by Crippen LogP contribution is 2.28. The lowest BCUT2D eigenvalue weighted by molar-refractivity contribution is 0.0606. The van der Waals surface area contributed by atoms with Gasteiger partial charge in [-0.05, 0) is 53.5 Å². The molecule has 0 unspecified atom stereocenters. The van der Waals surface area contributed by atoms with Gasteiger partial charge in [0.05, 0.1) is 7.11 Å². The summed E-state index contributed by atoms with van der Waals surface area (Å²) in [4.78, 5) is 12.2. The Morgan fingerprint density at radius 1 is 1.24 bits per heavy atom. The van der Waals surface area contributed by atoms with Crippen LogP contribution in [-0.2, 0) is 11.3 Å². The molecule has 128 valence electrons. The summed E-state index contributed by atoms with van der Waals surface area (Å²) in [5.74, 6) is -0.326. The molecule has 3 aromatic rings. The molecule has 2 N–H and O–H groups in total. The van der Waals surface area contributed by atoms with Crippen molar-refractivity contribution < 1.29 is 9.53 Å². The second-order valence-electron chi connectivity index (χ2n) is 5.25. The number of fused-ring (bicyclic) bond motifs is 1. The minimum atomic E-state index is -0.326. The zero-order valence-corrected chi connectivity index (χ0v) is 15.7. The van der Waals surface area contributed by atoms with Gasteiger partial charge < -0.3 is 15.4 Å². The average Bonchev–Trinajstić information content (AvgIpc) is 3.03. The van der Waals surface area contributed by atoms with Gasteiger partial charge in [0, 0.05) is 22.0 Å². The molecule has 7 heteroatoms. The van der Waals surface area contributed by atoms with Crippen LogP contribution in [0.4, 0.5) is 5.69 Å². The summed E-state index contributed by atoms with van der Waals surface area (Å²) in [5, 5.41) is 8.44. The number of carbonyl (C=O) groups excluding carboxylic acids is 1. The van der Waals surface area contributed by atoms with E-state index in [1.54, 1.807) is 0 Å². The first kappa shape index (κ1) is 17.7. The lowest BCUT2D eigenvalue weighted by atomic mass is 10.2. The van der Waals surface area contributed by atoms with E-state index in [1.165, 1.54) is 18.4 Å². The predicted octanol–water partition coefficient (Wildman–Crippen LogP) is 4.83. The molecule has 0 aliphatic heterocycles. The second kappa shape index (κ2) is 7.82. The molecule has 0 spiro atoms. The summed E-state index contributed by atoms with van der Waals surface area (Å²) in [6, 6.07) is 15.2. The fourth-order valence-electron chi connectivity index (χ4n) is 2.31. The predicted molar refractivity (Wildman–Crippen MR) is 108 cm³/mol. The molecule has 1 heterocycles. The van der Waals surface area contributed by atoms with Crippen molar-refractivity contribution in [2.45, 2.75) is 6.54 Å². The maximum absolute atomic E-state index is 11.6. The van der Waals surface area contributed by atoms with Crippen LogP contribution in [0.1, 0.15) is 15.2 Å². The van der Waals surface area contributed by atoms with E-state index in [0.717, 1.165) is 21.3 Å². The van der Waals surface area contributed by atoms with Crippen molar-refractivity contribution >= 4 is 62.0 Å². The Balaban J connectivity index is 1.66. The van der Waals surface area contributed by atoms with Crippen molar-refractivity contribution in [2.24, 2.45) is 0 Å². The molecule has 0 radical (unpaired) electrons. The first-order valence-corrected chi connectivity index (χ1v) is 9.07. The van der Waals surface area contributed by atoms with Gasteiger partial charge in [-0.1, -0.05) is 29.8 Å². The van der Waals surface area contributed by atoms with E-state index in [0.29, 0.717) is 21.6 Å². The van der Waals surface area contributed by atoms with Gasteiger partial charge in [0.1, 0.15) is 4.88 Å². The van der Waals surface area contributed by atoms with Gasteiger partial charge in [-0.2, -0.15) is 0 Å². The van der Waals surface area contributed by atoms with Crippen LogP contribution in [0.5, 0.6) is 0 Å². The van der Waals surface area contributed by atoms with E-state index in [2.05, 4.69) is 10.6 Å². The number of nitrogens with one attached hydrogen (secondary N) is 2. The Bertz CT molecular complexity index is 940. The fourth-order valence-corrected chi connectivity index (χ4v) is 3.67. The van der Waals surface area contributed by atoms with Crippen LogP contribution in [0.2, 0.25) is 5.02 Å². The number of halogens is 1. The number of rotatable bonds is 4. The van der Waals surface area contributed by atoms with Crippen molar-refractivity contribution in [1.82, 2.24) is 5.32 Å². The molecule has 1 aromatic heterocycles. The van der Waals surface area contributed by atoms with Gasteiger partial charge in [-0.15, -0.1) is 11.3 Å². The Hall–Kier alpha value is -2.15. The minimum Gasteiger partial charge on any atom is -0.465 e. The summed E-state index contributed by atoms with van der Waals surface area (Å²) in [6.07, 6.45) is 0. The standard InChI is InChI=1S/C18H15ClN2O2S2/c1-23-17(22)16-9-12-8-13(6-7-15(12)25-16)21-18(24)20-10-11-4-2-3-5-14(11)19/h2-9H,10H2,1H3,(H2,20,21,24). The number of hydrogen-bond donors (Lipinski definition) is 2. The molecule has 25 heavy (non-hydrogen) atoms. The summed E-state index contributed by atoms with van der Waals surface area (Å²) in [6.45, 7) is 0.540. The molecular formula is C18H15ClN2O2S2. The summed E-state index contributed by atoms with van der Waals surface area (Å²) < 4.78 is 5.77. The number of carbonyl (C=O) groups is 1. The molecular weight excluding hydrogens is 376 g/mol. The van der Waals surface area contributed by atoms with Crippen molar-refractivity contribution in [3.05, 3.63) is 64.0 Å². The highest BCUT2D eigenvalue weighted by atomic mass is 35.5. The molecule has 3 rings (SSSR count). The number of anilines is 1. The van der Waals surface area contributed by atoms with Crippen LogP contribution < -0.4 is 10.6 Å². The van der Waals surface area contributed by atoms with E-state index < -0.39 is 0 Å². The molecule has 0 atom stereocenters. The number of thiophene rings is 1. The van der Waals surface area contributed by atoms with E-state index >= 15 is 0 Å². The zero-order valence-electron chi connectivity index (χ0n) is 13.3. The van der Waals surface area contributed by atoms with E-state index in [4.69, 9.17) is 28.6 Å². The first-order chi connectivity index (χ1) is 12.1. The lowest BCUT2D eigenvalue weighted by Gasteiger charge is -2.11. The Morgan fingerprint density at radius 2 is 2.04 bits per heavy atom. The highest BCUT2D eigenvalue weighted by Gasteiger charge is 2.10. The molecule has 0 aliphatic rings. The molecule has 0 saturated heterocycles. The monoisotopic (exact) mass is 390 g/mol. The molecule has 4 nitrogen and oxygen atoms in total. The van der Waals surface area contributed by atoms with Gasteiger partial charge >= 0.3 is 5.97 Å². The lowest BCUT2D eigenvalue weighted by Crippen LogP contribution is -2.27. The third-order valence-electron chi connectivity index (χ3n) is 3.56.